The highest BCUT2D eigenvalue weighted by molar-refractivity contribution is 5.76. The lowest BCUT2D eigenvalue weighted by Gasteiger charge is -2.27. The first-order valence-electron chi connectivity index (χ1n) is 8.81. The van der Waals surface area contributed by atoms with E-state index in [1.165, 1.54) is 40.7 Å². The van der Waals surface area contributed by atoms with Crippen molar-refractivity contribution in [3.63, 3.8) is 0 Å². The van der Waals surface area contributed by atoms with Crippen LogP contribution in [0.15, 0.2) is 66.9 Å². The van der Waals surface area contributed by atoms with Crippen LogP contribution in [0.3, 0.4) is 0 Å². The van der Waals surface area contributed by atoms with E-state index in [4.69, 9.17) is 0 Å². The number of benzene rings is 2. The van der Waals surface area contributed by atoms with Crippen LogP contribution >= 0.6 is 0 Å². The third kappa shape index (κ3) is 2.69. The van der Waals surface area contributed by atoms with Gasteiger partial charge in [-0.2, -0.15) is 4.57 Å². The fraction of sp³-hybridized carbons (Fsp3) is 0.227. The van der Waals surface area contributed by atoms with E-state index in [2.05, 4.69) is 89.3 Å². The average molecular weight is 315 g/mol. The molecule has 2 nitrogen and oxygen atoms in total. The smallest absolute Gasteiger partial charge is 0.212 e. The molecule has 0 saturated carbocycles. The van der Waals surface area contributed by atoms with E-state index >= 15 is 0 Å². The highest BCUT2D eigenvalue weighted by Crippen LogP contribution is 2.27. The molecule has 1 aromatic heterocycles. The lowest BCUT2D eigenvalue weighted by molar-refractivity contribution is -0.669. The molecule has 1 aliphatic rings. The van der Waals surface area contributed by atoms with Crippen LogP contribution < -0.4 is 9.47 Å². The SMILES string of the molecule is CC[n+]1c(C=CN2CCCc3ccccc32)ccc2ccccc21. The van der Waals surface area contributed by atoms with Crippen LogP contribution in [0.4, 0.5) is 5.69 Å². The van der Waals surface area contributed by atoms with Crippen LogP contribution in [0.25, 0.3) is 17.0 Å². The summed E-state index contributed by atoms with van der Waals surface area (Å²) in [5, 5.41) is 1.29. The highest BCUT2D eigenvalue weighted by Gasteiger charge is 2.15. The second kappa shape index (κ2) is 6.48. The minimum absolute atomic E-state index is 0.970. The van der Waals surface area contributed by atoms with Crippen LogP contribution in [0.5, 0.6) is 0 Å². The summed E-state index contributed by atoms with van der Waals surface area (Å²) in [5.74, 6) is 0. The molecule has 0 N–H and O–H groups in total. The van der Waals surface area contributed by atoms with E-state index in [1.807, 2.05) is 0 Å². The number of rotatable bonds is 3. The van der Waals surface area contributed by atoms with Crippen LogP contribution in [0, 0.1) is 0 Å². The van der Waals surface area contributed by atoms with E-state index in [1.54, 1.807) is 0 Å². The van der Waals surface area contributed by atoms with Crippen molar-refractivity contribution in [3.05, 3.63) is 78.1 Å². The van der Waals surface area contributed by atoms with Gasteiger partial charge in [-0.05, 0) is 43.5 Å². The molecule has 0 amide bonds. The van der Waals surface area contributed by atoms with Crippen molar-refractivity contribution in [2.45, 2.75) is 26.3 Å². The van der Waals surface area contributed by atoms with Gasteiger partial charge < -0.3 is 4.90 Å². The molecule has 0 spiro atoms. The van der Waals surface area contributed by atoms with Crippen molar-refractivity contribution in [2.75, 3.05) is 11.4 Å². The van der Waals surface area contributed by atoms with E-state index in [0.717, 1.165) is 13.1 Å². The number of nitrogens with zero attached hydrogens (tertiary/aromatic N) is 2. The molecular weight excluding hydrogens is 292 g/mol. The quantitative estimate of drug-likeness (QED) is 0.642. The van der Waals surface area contributed by atoms with Gasteiger partial charge in [0.2, 0.25) is 11.2 Å². The van der Waals surface area contributed by atoms with Gasteiger partial charge in [-0.15, -0.1) is 0 Å². The van der Waals surface area contributed by atoms with Crippen molar-refractivity contribution >= 4 is 22.7 Å². The molecule has 0 radical (unpaired) electrons. The Labute approximate surface area is 143 Å². The third-order valence-corrected chi connectivity index (χ3v) is 4.86. The van der Waals surface area contributed by atoms with Gasteiger partial charge in [0, 0.05) is 42.0 Å². The molecular formula is C22H23N2+. The normalized spacial score (nSPS) is 14.3. The Kier molecular flexibility index (Phi) is 4.04. The highest BCUT2D eigenvalue weighted by atomic mass is 15.1. The van der Waals surface area contributed by atoms with Gasteiger partial charge in [0.1, 0.15) is 6.54 Å². The molecule has 0 aliphatic carbocycles. The Bertz CT molecular complexity index is 895. The van der Waals surface area contributed by atoms with Gasteiger partial charge in [-0.3, -0.25) is 0 Å². The van der Waals surface area contributed by atoms with Crippen LogP contribution in [-0.4, -0.2) is 6.54 Å². The Morgan fingerprint density at radius 1 is 1.00 bits per heavy atom. The summed E-state index contributed by atoms with van der Waals surface area (Å²) in [5.41, 5.74) is 5.35. The van der Waals surface area contributed by atoms with Gasteiger partial charge in [0.05, 0.1) is 0 Å². The Balaban J connectivity index is 1.71. The van der Waals surface area contributed by atoms with Crippen LogP contribution in [0.2, 0.25) is 0 Å². The maximum atomic E-state index is 2.38. The van der Waals surface area contributed by atoms with E-state index in [0.29, 0.717) is 0 Å². The molecule has 120 valence electrons. The molecule has 0 bridgehead atoms. The number of fused-ring (bicyclic) bond motifs is 2. The molecule has 3 aromatic rings. The molecule has 4 rings (SSSR count). The lowest BCUT2D eigenvalue weighted by Crippen LogP contribution is -2.36. The summed E-state index contributed by atoms with van der Waals surface area (Å²) >= 11 is 0. The summed E-state index contributed by atoms with van der Waals surface area (Å²) in [4.78, 5) is 2.38. The average Bonchev–Trinajstić information content (AvgIpc) is 2.65. The molecule has 24 heavy (non-hydrogen) atoms. The molecule has 2 heterocycles. The maximum absolute atomic E-state index is 2.38. The molecule has 0 fully saturated rings. The maximum Gasteiger partial charge on any atom is 0.212 e. The van der Waals surface area contributed by atoms with Gasteiger partial charge >= 0.3 is 0 Å². The van der Waals surface area contributed by atoms with Gasteiger partial charge in [0.15, 0.2) is 0 Å². The number of anilines is 1. The van der Waals surface area contributed by atoms with Crippen molar-refractivity contribution in [3.8, 4) is 0 Å². The van der Waals surface area contributed by atoms with Crippen molar-refractivity contribution < 1.29 is 4.57 Å². The first-order chi connectivity index (χ1) is 11.9. The van der Waals surface area contributed by atoms with E-state index < -0.39 is 0 Å². The first kappa shape index (κ1) is 14.9. The number of hydrogen-bond acceptors (Lipinski definition) is 1. The lowest BCUT2D eigenvalue weighted by atomic mass is 10.0. The van der Waals surface area contributed by atoms with Crippen LogP contribution in [0.1, 0.15) is 24.6 Å². The largest absolute Gasteiger partial charge is 0.348 e. The molecule has 1 aliphatic heterocycles. The molecule has 2 aromatic carbocycles. The second-order valence-electron chi connectivity index (χ2n) is 6.30. The summed E-state index contributed by atoms with van der Waals surface area (Å²) in [6.07, 6.45) is 6.89. The summed E-state index contributed by atoms with van der Waals surface area (Å²) < 4.78 is 2.38. The number of aryl methyl sites for hydroxylation is 2. The summed E-state index contributed by atoms with van der Waals surface area (Å²) in [6, 6.07) is 21.8. The summed E-state index contributed by atoms with van der Waals surface area (Å²) in [6.45, 7) is 4.27. The van der Waals surface area contributed by atoms with Crippen molar-refractivity contribution in [2.24, 2.45) is 0 Å². The number of hydrogen-bond donors (Lipinski definition) is 0. The molecule has 0 saturated heterocycles. The third-order valence-electron chi connectivity index (χ3n) is 4.86. The van der Waals surface area contributed by atoms with E-state index in [-0.39, 0.29) is 0 Å². The van der Waals surface area contributed by atoms with Crippen LogP contribution in [-0.2, 0) is 13.0 Å². The second-order valence-corrected chi connectivity index (χ2v) is 6.30. The zero-order valence-corrected chi connectivity index (χ0v) is 14.2. The van der Waals surface area contributed by atoms with E-state index in [9.17, 15) is 0 Å². The molecule has 2 heteroatoms. The van der Waals surface area contributed by atoms with Gasteiger partial charge in [-0.25, -0.2) is 0 Å². The summed E-state index contributed by atoms with van der Waals surface area (Å²) in [7, 11) is 0. The topological polar surface area (TPSA) is 7.12 Å². The van der Waals surface area contributed by atoms with Gasteiger partial charge in [-0.1, -0.05) is 30.3 Å². The zero-order valence-electron chi connectivity index (χ0n) is 14.2. The number of aromatic nitrogens is 1. The Morgan fingerprint density at radius 2 is 1.83 bits per heavy atom. The fourth-order valence-corrected chi connectivity index (χ4v) is 3.66. The Morgan fingerprint density at radius 3 is 2.75 bits per heavy atom. The standard InChI is InChI=1S/C22H23N2/c1-2-24-20(14-13-19-9-4-6-12-22(19)24)15-17-23-16-7-10-18-8-3-5-11-21(18)23/h3-6,8-9,11-15,17H,2,7,10,16H2,1H3/q+1. The van der Waals surface area contributed by atoms with Gasteiger partial charge in [0.25, 0.3) is 0 Å². The fourth-order valence-electron chi connectivity index (χ4n) is 3.66. The predicted octanol–water partition coefficient (Wildman–Crippen LogP) is 4.57. The molecule has 0 unspecified atom stereocenters. The number of para-hydroxylation sites is 2. The minimum atomic E-state index is 0.970. The monoisotopic (exact) mass is 315 g/mol. The first-order valence-corrected chi connectivity index (χ1v) is 8.81. The van der Waals surface area contributed by atoms with Crippen molar-refractivity contribution in [1.82, 2.24) is 0 Å². The molecule has 0 atom stereocenters. The predicted molar refractivity (Wildman–Crippen MR) is 101 cm³/mol. The Hall–Kier alpha value is -2.61. The number of pyridine rings is 1. The van der Waals surface area contributed by atoms with Crippen molar-refractivity contribution in [1.29, 1.82) is 0 Å². The minimum Gasteiger partial charge on any atom is -0.348 e. The zero-order chi connectivity index (χ0) is 16.4.